The normalized spacial score (nSPS) is 12.6. The highest BCUT2D eigenvalue weighted by Gasteiger charge is 2.20. The fourth-order valence-corrected chi connectivity index (χ4v) is 1.70. The van der Waals surface area contributed by atoms with Gasteiger partial charge in [0.05, 0.1) is 6.42 Å². The second-order valence-electron chi connectivity index (χ2n) is 5.29. The van der Waals surface area contributed by atoms with Crippen molar-refractivity contribution in [3.05, 3.63) is 0 Å². The fraction of sp³-hybridized carbons (Fsp3) is 0.846. The van der Waals surface area contributed by atoms with Gasteiger partial charge in [0.25, 0.3) is 0 Å². The molecule has 0 radical (unpaired) electrons. The largest absolute Gasteiger partial charge is 0.481 e. The van der Waals surface area contributed by atoms with E-state index in [1.807, 2.05) is 25.9 Å². The van der Waals surface area contributed by atoms with Gasteiger partial charge in [-0.1, -0.05) is 13.8 Å². The summed E-state index contributed by atoms with van der Waals surface area (Å²) >= 11 is 0. The first-order chi connectivity index (χ1) is 8.77. The van der Waals surface area contributed by atoms with Gasteiger partial charge in [0.1, 0.15) is 0 Å². The number of carbonyl (C=O) groups excluding carboxylic acids is 1. The van der Waals surface area contributed by atoms with Gasteiger partial charge in [-0.15, -0.1) is 0 Å². The first-order valence-electron chi connectivity index (χ1n) is 6.69. The summed E-state index contributed by atoms with van der Waals surface area (Å²) in [6.45, 7) is 7.47. The van der Waals surface area contributed by atoms with Crippen LogP contribution in [-0.2, 0) is 4.79 Å². The van der Waals surface area contributed by atoms with Gasteiger partial charge in [0, 0.05) is 25.7 Å². The molecule has 0 rings (SSSR count). The van der Waals surface area contributed by atoms with E-state index in [2.05, 4.69) is 19.2 Å². The van der Waals surface area contributed by atoms with E-state index >= 15 is 0 Å². The number of rotatable bonds is 8. The molecule has 1 unspecified atom stereocenters. The lowest BCUT2D eigenvalue weighted by atomic mass is 10.0. The summed E-state index contributed by atoms with van der Waals surface area (Å²) in [6.07, 6.45) is -0.0265. The summed E-state index contributed by atoms with van der Waals surface area (Å²) < 4.78 is 0. The first kappa shape index (κ1) is 17.7. The standard InChI is InChI=1S/C13H27N3O3/c1-6-16(8-7-12(17)18)13(19)14-11(10(2)3)9-15(4)5/h10-11H,6-9H2,1-5H3,(H,14,19)(H,17,18). The van der Waals surface area contributed by atoms with Crippen molar-refractivity contribution in [1.29, 1.82) is 0 Å². The van der Waals surface area contributed by atoms with Crippen LogP contribution in [0.5, 0.6) is 0 Å². The number of hydrogen-bond donors (Lipinski definition) is 2. The van der Waals surface area contributed by atoms with Crippen LogP contribution in [0, 0.1) is 5.92 Å². The average molecular weight is 273 g/mol. The summed E-state index contributed by atoms with van der Waals surface area (Å²) in [5.74, 6) is -0.565. The smallest absolute Gasteiger partial charge is 0.317 e. The molecule has 0 fully saturated rings. The molecule has 0 spiro atoms. The number of nitrogens with one attached hydrogen (secondary N) is 1. The molecular formula is C13H27N3O3. The van der Waals surface area contributed by atoms with E-state index in [4.69, 9.17) is 5.11 Å². The molecule has 6 heteroatoms. The zero-order chi connectivity index (χ0) is 15.0. The molecule has 2 N–H and O–H groups in total. The van der Waals surface area contributed by atoms with Crippen molar-refractivity contribution in [2.24, 2.45) is 5.92 Å². The summed E-state index contributed by atoms with van der Waals surface area (Å²) in [5.41, 5.74) is 0. The molecule has 0 heterocycles. The minimum atomic E-state index is -0.889. The molecule has 0 aromatic rings. The SMILES string of the molecule is CCN(CCC(=O)O)C(=O)NC(CN(C)C)C(C)C. The highest BCUT2D eigenvalue weighted by Crippen LogP contribution is 2.04. The predicted molar refractivity (Wildman–Crippen MR) is 75.2 cm³/mol. The molecule has 1 atom stereocenters. The van der Waals surface area contributed by atoms with E-state index < -0.39 is 5.97 Å². The van der Waals surface area contributed by atoms with Gasteiger partial charge < -0.3 is 20.2 Å². The molecule has 0 aliphatic carbocycles. The topological polar surface area (TPSA) is 72.9 Å². The number of carboxylic acid groups (broad SMARTS) is 1. The third kappa shape index (κ3) is 7.66. The second-order valence-corrected chi connectivity index (χ2v) is 5.29. The number of aliphatic carboxylic acids is 1. The third-order valence-corrected chi connectivity index (χ3v) is 2.94. The van der Waals surface area contributed by atoms with Crippen molar-refractivity contribution in [1.82, 2.24) is 15.1 Å². The van der Waals surface area contributed by atoms with Crippen LogP contribution in [0.15, 0.2) is 0 Å². The summed E-state index contributed by atoms with van der Waals surface area (Å²) in [6, 6.07) is -0.134. The summed E-state index contributed by atoms with van der Waals surface area (Å²) in [4.78, 5) is 26.2. The number of nitrogens with zero attached hydrogens (tertiary/aromatic N) is 2. The average Bonchev–Trinajstić information content (AvgIpc) is 2.27. The summed E-state index contributed by atoms with van der Waals surface area (Å²) in [7, 11) is 3.92. The Hall–Kier alpha value is -1.30. The van der Waals surface area contributed by atoms with Gasteiger partial charge in [-0.3, -0.25) is 4.79 Å². The van der Waals surface area contributed by atoms with Gasteiger partial charge in [-0.05, 0) is 26.9 Å². The van der Waals surface area contributed by atoms with Crippen LogP contribution in [0.1, 0.15) is 27.2 Å². The van der Waals surface area contributed by atoms with Gasteiger partial charge in [-0.2, -0.15) is 0 Å². The number of urea groups is 1. The molecule has 19 heavy (non-hydrogen) atoms. The minimum absolute atomic E-state index is 0.0265. The quantitative estimate of drug-likeness (QED) is 0.694. The number of carboxylic acids is 1. The van der Waals surface area contributed by atoms with Crippen LogP contribution in [0.2, 0.25) is 0 Å². The third-order valence-electron chi connectivity index (χ3n) is 2.94. The van der Waals surface area contributed by atoms with Crippen LogP contribution >= 0.6 is 0 Å². The Morgan fingerprint density at radius 1 is 1.26 bits per heavy atom. The molecule has 2 amide bonds. The monoisotopic (exact) mass is 273 g/mol. The van der Waals surface area contributed by atoms with Gasteiger partial charge in [0.15, 0.2) is 0 Å². The van der Waals surface area contributed by atoms with E-state index in [-0.39, 0.29) is 25.0 Å². The van der Waals surface area contributed by atoms with E-state index in [9.17, 15) is 9.59 Å². The molecule has 0 saturated carbocycles. The lowest BCUT2D eigenvalue weighted by Gasteiger charge is -2.29. The van der Waals surface area contributed by atoms with E-state index in [1.165, 1.54) is 4.90 Å². The van der Waals surface area contributed by atoms with Crippen molar-refractivity contribution in [2.75, 3.05) is 33.7 Å². The fourth-order valence-electron chi connectivity index (χ4n) is 1.70. The van der Waals surface area contributed by atoms with Crippen LogP contribution in [0.3, 0.4) is 0 Å². The van der Waals surface area contributed by atoms with Crippen molar-refractivity contribution in [2.45, 2.75) is 33.2 Å². The Morgan fingerprint density at radius 2 is 1.84 bits per heavy atom. The van der Waals surface area contributed by atoms with Crippen LogP contribution in [0.25, 0.3) is 0 Å². The summed E-state index contributed by atoms with van der Waals surface area (Å²) in [5, 5.41) is 11.6. The highest BCUT2D eigenvalue weighted by molar-refractivity contribution is 5.75. The Balaban J connectivity index is 4.45. The molecule has 0 aromatic carbocycles. The van der Waals surface area contributed by atoms with Gasteiger partial charge in [0.2, 0.25) is 0 Å². The first-order valence-corrected chi connectivity index (χ1v) is 6.69. The van der Waals surface area contributed by atoms with Crippen LogP contribution < -0.4 is 5.32 Å². The highest BCUT2D eigenvalue weighted by atomic mass is 16.4. The molecular weight excluding hydrogens is 246 g/mol. The number of amides is 2. The van der Waals surface area contributed by atoms with E-state index in [1.54, 1.807) is 0 Å². The van der Waals surface area contributed by atoms with Gasteiger partial charge >= 0.3 is 12.0 Å². The molecule has 0 aromatic heterocycles. The molecule has 112 valence electrons. The zero-order valence-electron chi connectivity index (χ0n) is 12.6. The van der Waals surface area contributed by atoms with Crippen molar-refractivity contribution >= 4 is 12.0 Å². The maximum Gasteiger partial charge on any atom is 0.317 e. The second kappa shape index (κ2) is 8.74. The molecule has 6 nitrogen and oxygen atoms in total. The lowest BCUT2D eigenvalue weighted by Crippen LogP contribution is -2.50. The predicted octanol–water partition coefficient (Wildman–Crippen LogP) is 1.08. The Morgan fingerprint density at radius 3 is 2.21 bits per heavy atom. The molecule has 0 saturated heterocycles. The molecule has 0 aliphatic heterocycles. The van der Waals surface area contributed by atoms with Gasteiger partial charge in [-0.25, -0.2) is 4.79 Å². The number of hydrogen-bond acceptors (Lipinski definition) is 3. The van der Waals surface area contributed by atoms with Crippen molar-refractivity contribution in [3.8, 4) is 0 Å². The number of carbonyl (C=O) groups is 2. The zero-order valence-corrected chi connectivity index (χ0v) is 12.6. The van der Waals surface area contributed by atoms with E-state index in [0.29, 0.717) is 12.5 Å². The van der Waals surface area contributed by atoms with Crippen molar-refractivity contribution < 1.29 is 14.7 Å². The minimum Gasteiger partial charge on any atom is -0.481 e. The Labute approximate surface area is 115 Å². The molecule has 0 bridgehead atoms. The maximum absolute atomic E-state index is 12.1. The van der Waals surface area contributed by atoms with E-state index in [0.717, 1.165) is 6.54 Å². The Bertz CT molecular complexity index is 293. The maximum atomic E-state index is 12.1. The lowest BCUT2D eigenvalue weighted by molar-refractivity contribution is -0.137. The Kier molecular flexibility index (Phi) is 8.14. The van der Waals surface area contributed by atoms with Crippen LogP contribution in [-0.4, -0.2) is 66.7 Å². The van der Waals surface area contributed by atoms with Crippen LogP contribution in [0.4, 0.5) is 4.79 Å². The molecule has 0 aliphatic rings. The van der Waals surface area contributed by atoms with Crippen molar-refractivity contribution in [3.63, 3.8) is 0 Å². The number of likely N-dealkylation sites (N-methyl/N-ethyl adjacent to an activating group) is 1.